The van der Waals surface area contributed by atoms with Crippen molar-refractivity contribution in [3.63, 3.8) is 0 Å². The van der Waals surface area contributed by atoms with Gasteiger partial charge in [0.05, 0.1) is 0 Å². The summed E-state index contributed by atoms with van der Waals surface area (Å²) in [4.78, 5) is 11.3. The molecule has 4 rings (SSSR count). The molecule has 0 aromatic carbocycles. The van der Waals surface area contributed by atoms with Crippen molar-refractivity contribution in [1.82, 2.24) is 0 Å². The number of nitroso groups, excluding NO2 is 1. The number of hydrogen-bond acceptors (Lipinski definition) is 1. The van der Waals surface area contributed by atoms with Crippen molar-refractivity contribution in [3.05, 3.63) is 4.91 Å². The van der Waals surface area contributed by atoms with Crippen molar-refractivity contribution in [2.75, 3.05) is 0 Å². The van der Waals surface area contributed by atoms with Crippen LogP contribution in [0.4, 0.5) is 0 Å². The first-order valence-electron chi connectivity index (χ1n) is 4.30. The summed E-state index contributed by atoms with van der Waals surface area (Å²) in [6, 6.07) is 0.866. The maximum Gasteiger partial charge on any atom is 0.202 e. The van der Waals surface area contributed by atoms with Gasteiger partial charge in [-0.15, -0.1) is 0 Å². The van der Waals surface area contributed by atoms with E-state index in [9.17, 15) is 4.91 Å². The summed E-state index contributed by atoms with van der Waals surface area (Å²) < 4.78 is 1.39. The van der Waals surface area contributed by atoms with Crippen LogP contribution in [0.15, 0.2) is 0 Å². The molecule has 4 bridgehead atoms. The fourth-order valence-corrected chi connectivity index (χ4v) is 3.27. The topological polar surface area (TPSA) is 20.1 Å². The maximum absolute atomic E-state index is 11.3. The van der Waals surface area contributed by atoms with Crippen LogP contribution in [0.3, 0.4) is 0 Å². The van der Waals surface area contributed by atoms with Gasteiger partial charge in [-0.05, 0) is 11.8 Å². The van der Waals surface area contributed by atoms with Crippen LogP contribution in [-0.4, -0.2) is 16.8 Å². The number of nitrogens with zero attached hydrogens (tertiary/aromatic N) is 1. The Labute approximate surface area is 60.2 Å². The molecule has 0 atom stereocenters. The van der Waals surface area contributed by atoms with Crippen molar-refractivity contribution in [2.24, 2.45) is 11.8 Å². The molecule has 0 radical (unpaired) electrons. The molecule has 54 valence electrons. The van der Waals surface area contributed by atoms with Gasteiger partial charge in [0.25, 0.3) is 0 Å². The lowest BCUT2D eigenvalue weighted by molar-refractivity contribution is -0.631. The minimum atomic E-state index is 0.433. The average molecular weight is 138 g/mol. The summed E-state index contributed by atoms with van der Waals surface area (Å²) in [5, 5.41) is 0. The molecule has 10 heavy (non-hydrogen) atoms. The molecule has 0 aromatic heterocycles. The first-order valence-corrected chi connectivity index (χ1v) is 4.30. The summed E-state index contributed by atoms with van der Waals surface area (Å²) in [5.41, 5.74) is 0. The average Bonchev–Trinajstić information content (AvgIpc) is 2.33. The summed E-state index contributed by atoms with van der Waals surface area (Å²) in [5.74, 6) is 1.89. The van der Waals surface area contributed by atoms with E-state index in [1.54, 1.807) is 0 Å². The van der Waals surface area contributed by atoms with E-state index in [1.807, 2.05) is 0 Å². The number of hydrogen-bond donors (Lipinski definition) is 0. The molecule has 2 aliphatic heterocycles. The lowest BCUT2D eigenvalue weighted by atomic mass is 10.0. The second kappa shape index (κ2) is 1.44. The SMILES string of the molecule is O=[N+]1C2CC3CC1CC3C2. The molecule has 2 aliphatic carbocycles. The maximum atomic E-state index is 11.3. The zero-order chi connectivity index (χ0) is 6.72. The van der Waals surface area contributed by atoms with Crippen LogP contribution in [0.5, 0.6) is 0 Å². The van der Waals surface area contributed by atoms with E-state index >= 15 is 0 Å². The zero-order valence-electron chi connectivity index (χ0n) is 5.99. The van der Waals surface area contributed by atoms with Gasteiger partial charge in [-0.25, -0.2) is 0 Å². The standard InChI is InChI=1S/C8H12NO/c10-9-7-1-5-2-8(9)4-6(5)3-7/h5-8H,1-4H2/q+1. The molecule has 0 spiro atoms. The fraction of sp³-hybridized carbons (Fsp3) is 1.00. The van der Waals surface area contributed by atoms with Crippen molar-refractivity contribution in [1.29, 1.82) is 0 Å². The molecule has 2 saturated heterocycles. The Kier molecular flexibility index (Phi) is 0.758. The monoisotopic (exact) mass is 138 g/mol. The minimum absolute atomic E-state index is 0.433. The van der Waals surface area contributed by atoms with Gasteiger partial charge in [0.15, 0.2) is 0 Å². The second-order valence-electron chi connectivity index (χ2n) is 4.13. The summed E-state index contributed by atoms with van der Waals surface area (Å²) in [6.07, 6.45) is 4.85. The molecule has 4 fully saturated rings. The first kappa shape index (κ1) is 5.28. The Morgan fingerprint density at radius 3 is 1.70 bits per heavy atom. The molecule has 0 N–H and O–H groups in total. The van der Waals surface area contributed by atoms with Crippen LogP contribution in [0, 0.1) is 16.7 Å². The van der Waals surface area contributed by atoms with E-state index in [4.69, 9.17) is 0 Å². The van der Waals surface area contributed by atoms with E-state index in [0.717, 1.165) is 11.8 Å². The van der Waals surface area contributed by atoms with Crippen LogP contribution < -0.4 is 0 Å². The zero-order valence-corrected chi connectivity index (χ0v) is 5.99. The lowest BCUT2D eigenvalue weighted by Crippen LogP contribution is -2.36. The smallest absolute Gasteiger partial charge is 0.0252 e. The van der Waals surface area contributed by atoms with Crippen LogP contribution in [0.25, 0.3) is 0 Å². The predicted molar refractivity (Wildman–Crippen MR) is 36.7 cm³/mol. The molecular formula is C8H12NO+. The van der Waals surface area contributed by atoms with Gasteiger partial charge < -0.3 is 0 Å². The predicted octanol–water partition coefficient (Wildman–Crippen LogP) is 1.34. The first-order chi connectivity index (χ1) is 4.84. The van der Waals surface area contributed by atoms with Gasteiger partial charge in [0, 0.05) is 35.4 Å². The highest BCUT2D eigenvalue weighted by Crippen LogP contribution is 2.51. The van der Waals surface area contributed by atoms with E-state index in [2.05, 4.69) is 0 Å². The molecule has 4 aliphatic rings. The largest absolute Gasteiger partial charge is 0.202 e. The highest BCUT2D eigenvalue weighted by atomic mass is 16.3. The van der Waals surface area contributed by atoms with Crippen LogP contribution in [0.1, 0.15) is 25.7 Å². The highest BCUT2D eigenvalue weighted by molar-refractivity contribution is 4.96. The molecular weight excluding hydrogens is 126 g/mol. The fourth-order valence-electron chi connectivity index (χ4n) is 3.27. The van der Waals surface area contributed by atoms with E-state index in [-0.39, 0.29) is 0 Å². The van der Waals surface area contributed by atoms with E-state index in [1.165, 1.54) is 30.4 Å². The Balaban J connectivity index is 2.05. The van der Waals surface area contributed by atoms with Gasteiger partial charge in [0.2, 0.25) is 12.1 Å². The quantitative estimate of drug-likeness (QED) is 0.462. The second-order valence-corrected chi connectivity index (χ2v) is 4.13. The van der Waals surface area contributed by atoms with Gasteiger partial charge >= 0.3 is 0 Å². The van der Waals surface area contributed by atoms with Gasteiger partial charge in [-0.1, -0.05) is 0 Å². The molecule has 0 unspecified atom stereocenters. The Hall–Kier alpha value is -0.400. The number of rotatable bonds is 0. The molecule has 2 heteroatoms. The van der Waals surface area contributed by atoms with Gasteiger partial charge in [-0.3, -0.25) is 0 Å². The van der Waals surface area contributed by atoms with Crippen molar-refractivity contribution in [2.45, 2.75) is 37.8 Å². The third-order valence-corrected chi connectivity index (χ3v) is 3.69. The van der Waals surface area contributed by atoms with Crippen LogP contribution in [0.2, 0.25) is 0 Å². The van der Waals surface area contributed by atoms with Crippen molar-refractivity contribution >= 4 is 0 Å². The van der Waals surface area contributed by atoms with Gasteiger partial charge in [-0.2, -0.15) is 0 Å². The normalized spacial score (nSPS) is 56.6. The third-order valence-electron chi connectivity index (χ3n) is 3.69. The van der Waals surface area contributed by atoms with Gasteiger partial charge in [0.1, 0.15) is 0 Å². The van der Waals surface area contributed by atoms with Crippen LogP contribution >= 0.6 is 0 Å². The lowest BCUT2D eigenvalue weighted by Gasteiger charge is -2.15. The minimum Gasteiger partial charge on any atom is -0.0252 e. The summed E-state index contributed by atoms with van der Waals surface area (Å²) in [7, 11) is 0. The number of piperidine rings is 2. The third kappa shape index (κ3) is 0.435. The van der Waals surface area contributed by atoms with E-state index in [0.29, 0.717) is 12.1 Å². The van der Waals surface area contributed by atoms with Crippen molar-refractivity contribution < 1.29 is 4.76 Å². The van der Waals surface area contributed by atoms with Crippen LogP contribution in [-0.2, 0) is 0 Å². The summed E-state index contributed by atoms with van der Waals surface area (Å²) in [6.45, 7) is 0. The molecule has 2 saturated carbocycles. The summed E-state index contributed by atoms with van der Waals surface area (Å²) >= 11 is 0. The van der Waals surface area contributed by atoms with E-state index < -0.39 is 0 Å². The Morgan fingerprint density at radius 1 is 0.900 bits per heavy atom. The highest BCUT2D eigenvalue weighted by Gasteiger charge is 2.58. The molecule has 0 amide bonds. The van der Waals surface area contributed by atoms with Crippen molar-refractivity contribution in [3.8, 4) is 0 Å². The molecule has 2 heterocycles. The Bertz CT molecular complexity index is 169. The Morgan fingerprint density at radius 2 is 1.30 bits per heavy atom. The molecule has 2 nitrogen and oxygen atoms in total. The molecule has 0 aromatic rings.